The lowest BCUT2D eigenvalue weighted by molar-refractivity contribution is 0.0278. The van der Waals surface area contributed by atoms with Gasteiger partial charge in [0, 0.05) is 18.5 Å². The van der Waals surface area contributed by atoms with Crippen LogP contribution in [0.1, 0.15) is 33.3 Å². The number of ether oxygens (including phenoxy) is 1. The Morgan fingerprint density at radius 2 is 1.79 bits per heavy atom. The number of amides is 1. The number of carbonyl (C=O) groups is 1. The van der Waals surface area contributed by atoms with Gasteiger partial charge < -0.3 is 15.8 Å². The van der Waals surface area contributed by atoms with Crippen LogP contribution in [0.5, 0.6) is 0 Å². The highest BCUT2D eigenvalue weighted by atomic mass is 16.6. The van der Waals surface area contributed by atoms with Crippen molar-refractivity contribution in [1.82, 2.24) is 5.32 Å². The summed E-state index contributed by atoms with van der Waals surface area (Å²) in [5.41, 5.74) is 5.84. The molecule has 1 aromatic carbocycles. The first kappa shape index (κ1) is 15.5. The number of benzene rings is 1. The van der Waals surface area contributed by atoms with E-state index < -0.39 is 11.7 Å². The molecule has 1 atom stereocenters. The van der Waals surface area contributed by atoms with Gasteiger partial charge in [-0.2, -0.15) is 0 Å². The normalized spacial score (nSPS) is 14.6. The average molecular weight is 264 g/mol. The topological polar surface area (TPSA) is 64.3 Å². The minimum atomic E-state index is -0.698. The van der Waals surface area contributed by atoms with E-state index >= 15 is 0 Å². The van der Waals surface area contributed by atoms with Crippen molar-refractivity contribution in [3.8, 4) is 0 Å². The Labute approximate surface area is 115 Å². The first-order chi connectivity index (χ1) is 8.74. The molecule has 0 fully saturated rings. The van der Waals surface area contributed by atoms with Crippen LogP contribution in [-0.2, 0) is 11.2 Å². The Hall–Kier alpha value is -1.55. The molecule has 0 aromatic heterocycles. The number of hydrogen-bond donors (Lipinski definition) is 2. The minimum absolute atomic E-state index is 0.277. The standard InChI is InChI=1S/C15H24N2O2/c1-14(2,3)17-13(18)19-15(4,11-16)10-12-8-6-5-7-9-12/h5-9H,10-11,16H2,1-4H3,(H,17,18). The Morgan fingerprint density at radius 1 is 1.21 bits per heavy atom. The molecular weight excluding hydrogens is 240 g/mol. The molecule has 0 spiro atoms. The van der Waals surface area contributed by atoms with Gasteiger partial charge in [-0.15, -0.1) is 0 Å². The third-order valence-corrected chi connectivity index (χ3v) is 2.67. The highest BCUT2D eigenvalue weighted by molar-refractivity contribution is 5.68. The fourth-order valence-corrected chi connectivity index (χ4v) is 1.73. The molecule has 3 N–H and O–H groups in total. The molecule has 1 rings (SSSR count). The number of hydrogen-bond acceptors (Lipinski definition) is 3. The summed E-state index contributed by atoms with van der Waals surface area (Å²) in [4.78, 5) is 11.8. The Balaban J connectivity index is 2.68. The molecule has 106 valence electrons. The number of nitrogens with two attached hydrogens (primary N) is 1. The predicted molar refractivity (Wildman–Crippen MR) is 77.0 cm³/mol. The SMILES string of the molecule is CC(C)(C)NC(=O)OC(C)(CN)Cc1ccccc1. The summed E-state index contributed by atoms with van der Waals surface area (Å²) in [6, 6.07) is 9.87. The van der Waals surface area contributed by atoms with E-state index in [0.717, 1.165) is 5.56 Å². The van der Waals surface area contributed by atoms with Gasteiger partial charge in [-0.3, -0.25) is 0 Å². The van der Waals surface area contributed by atoms with E-state index in [4.69, 9.17) is 10.5 Å². The van der Waals surface area contributed by atoms with Crippen LogP contribution in [0.2, 0.25) is 0 Å². The van der Waals surface area contributed by atoms with Crippen molar-refractivity contribution in [2.45, 2.75) is 45.3 Å². The number of rotatable bonds is 4. The molecule has 19 heavy (non-hydrogen) atoms. The number of alkyl carbamates (subject to hydrolysis) is 1. The molecule has 0 saturated carbocycles. The van der Waals surface area contributed by atoms with Gasteiger partial charge in [0.2, 0.25) is 0 Å². The molecule has 0 saturated heterocycles. The molecule has 0 aliphatic heterocycles. The molecule has 0 radical (unpaired) electrons. The maximum atomic E-state index is 11.8. The molecule has 1 amide bonds. The molecule has 0 heterocycles. The van der Waals surface area contributed by atoms with Crippen LogP contribution >= 0.6 is 0 Å². The minimum Gasteiger partial charge on any atom is -0.442 e. The quantitative estimate of drug-likeness (QED) is 0.878. The summed E-state index contributed by atoms with van der Waals surface area (Å²) >= 11 is 0. The molecule has 1 unspecified atom stereocenters. The fourth-order valence-electron chi connectivity index (χ4n) is 1.73. The van der Waals surface area contributed by atoms with Crippen molar-refractivity contribution in [1.29, 1.82) is 0 Å². The van der Waals surface area contributed by atoms with Crippen molar-refractivity contribution in [2.24, 2.45) is 5.73 Å². The maximum absolute atomic E-state index is 11.8. The second kappa shape index (κ2) is 6.06. The van der Waals surface area contributed by atoms with Crippen LogP contribution in [0.25, 0.3) is 0 Å². The summed E-state index contributed by atoms with van der Waals surface area (Å²) in [5.74, 6) is 0. The highest BCUT2D eigenvalue weighted by Gasteiger charge is 2.29. The smallest absolute Gasteiger partial charge is 0.408 e. The zero-order valence-electron chi connectivity index (χ0n) is 12.2. The van der Waals surface area contributed by atoms with Crippen LogP contribution in [0.15, 0.2) is 30.3 Å². The van der Waals surface area contributed by atoms with Gasteiger partial charge in [-0.05, 0) is 33.3 Å². The monoisotopic (exact) mass is 264 g/mol. The van der Waals surface area contributed by atoms with Crippen LogP contribution in [0.3, 0.4) is 0 Å². The average Bonchev–Trinajstić information content (AvgIpc) is 2.27. The molecule has 0 aliphatic carbocycles. The number of carbonyl (C=O) groups excluding carboxylic acids is 1. The van der Waals surface area contributed by atoms with Crippen molar-refractivity contribution in [2.75, 3.05) is 6.54 Å². The van der Waals surface area contributed by atoms with E-state index in [-0.39, 0.29) is 12.1 Å². The first-order valence-electron chi connectivity index (χ1n) is 6.49. The van der Waals surface area contributed by atoms with Crippen LogP contribution in [0, 0.1) is 0 Å². The summed E-state index contributed by atoms with van der Waals surface area (Å²) in [6.45, 7) is 7.85. The fraction of sp³-hybridized carbons (Fsp3) is 0.533. The Morgan fingerprint density at radius 3 is 2.26 bits per heavy atom. The zero-order chi connectivity index (χ0) is 14.5. The molecule has 4 nitrogen and oxygen atoms in total. The van der Waals surface area contributed by atoms with Crippen LogP contribution in [0.4, 0.5) is 4.79 Å². The van der Waals surface area contributed by atoms with Crippen molar-refractivity contribution in [3.05, 3.63) is 35.9 Å². The van der Waals surface area contributed by atoms with Gasteiger partial charge in [-0.1, -0.05) is 30.3 Å². The molecule has 0 bridgehead atoms. The van der Waals surface area contributed by atoms with Crippen molar-refractivity contribution < 1.29 is 9.53 Å². The third-order valence-electron chi connectivity index (χ3n) is 2.67. The van der Waals surface area contributed by atoms with Gasteiger partial charge in [0.15, 0.2) is 0 Å². The molecule has 0 aliphatic rings. The van der Waals surface area contributed by atoms with Gasteiger partial charge in [0.1, 0.15) is 5.60 Å². The van der Waals surface area contributed by atoms with E-state index in [9.17, 15) is 4.79 Å². The molecular formula is C15H24N2O2. The van der Waals surface area contributed by atoms with Gasteiger partial charge in [-0.25, -0.2) is 4.79 Å². The zero-order valence-corrected chi connectivity index (χ0v) is 12.2. The lowest BCUT2D eigenvalue weighted by atomic mass is 9.96. The summed E-state index contributed by atoms with van der Waals surface area (Å²) < 4.78 is 5.49. The first-order valence-corrected chi connectivity index (χ1v) is 6.49. The lowest BCUT2D eigenvalue weighted by Gasteiger charge is -2.30. The van der Waals surface area contributed by atoms with E-state index in [1.165, 1.54) is 0 Å². The predicted octanol–water partition coefficient (Wildman–Crippen LogP) is 2.47. The third kappa shape index (κ3) is 5.75. The molecule has 1 aromatic rings. The summed E-state index contributed by atoms with van der Waals surface area (Å²) in [6.07, 6.45) is 0.165. The van der Waals surface area contributed by atoms with E-state index in [0.29, 0.717) is 6.42 Å². The Bertz CT molecular complexity index is 412. The Kier molecular flexibility index (Phi) is 4.95. The van der Waals surface area contributed by atoms with Crippen molar-refractivity contribution in [3.63, 3.8) is 0 Å². The largest absolute Gasteiger partial charge is 0.442 e. The van der Waals surface area contributed by atoms with Crippen LogP contribution in [-0.4, -0.2) is 23.8 Å². The number of nitrogens with one attached hydrogen (secondary N) is 1. The van der Waals surface area contributed by atoms with Gasteiger partial charge >= 0.3 is 6.09 Å². The van der Waals surface area contributed by atoms with Crippen molar-refractivity contribution >= 4 is 6.09 Å². The summed E-state index contributed by atoms with van der Waals surface area (Å²) in [5, 5.41) is 2.78. The second-order valence-corrected chi connectivity index (χ2v) is 6.08. The van der Waals surface area contributed by atoms with E-state index in [2.05, 4.69) is 5.32 Å². The lowest BCUT2D eigenvalue weighted by Crippen LogP contribution is -2.48. The van der Waals surface area contributed by atoms with E-state index in [1.54, 1.807) is 0 Å². The summed E-state index contributed by atoms with van der Waals surface area (Å²) in [7, 11) is 0. The van der Waals surface area contributed by atoms with Gasteiger partial charge in [0.25, 0.3) is 0 Å². The highest BCUT2D eigenvalue weighted by Crippen LogP contribution is 2.17. The van der Waals surface area contributed by atoms with Gasteiger partial charge in [0.05, 0.1) is 0 Å². The van der Waals surface area contributed by atoms with E-state index in [1.807, 2.05) is 58.0 Å². The maximum Gasteiger partial charge on any atom is 0.408 e. The van der Waals surface area contributed by atoms with Crippen LogP contribution < -0.4 is 11.1 Å². The molecule has 4 heteroatoms. The second-order valence-electron chi connectivity index (χ2n) is 6.08.